The van der Waals surface area contributed by atoms with Gasteiger partial charge in [-0.2, -0.15) is 0 Å². The summed E-state index contributed by atoms with van der Waals surface area (Å²) in [4.78, 5) is 0. The molecular formula is C25H52O2. The molecule has 0 aromatic rings. The molecule has 0 saturated carbocycles. The third-order valence-electron chi connectivity index (χ3n) is 5.91. The molecule has 2 atom stereocenters. The monoisotopic (exact) mass is 384 g/mol. The fraction of sp³-hybridized carbons (Fsp3) is 1.00. The highest BCUT2D eigenvalue weighted by Crippen LogP contribution is 2.15. The second kappa shape index (κ2) is 22.2. The van der Waals surface area contributed by atoms with E-state index in [-0.39, 0.29) is 0 Å². The van der Waals surface area contributed by atoms with Crippen LogP contribution < -0.4 is 0 Å². The molecule has 0 aromatic heterocycles. The maximum atomic E-state index is 9.53. The van der Waals surface area contributed by atoms with E-state index >= 15 is 0 Å². The van der Waals surface area contributed by atoms with E-state index < -0.39 is 12.2 Å². The van der Waals surface area contributed by atoms with Crippen molar-refractivity contribution in [2.45, 2.75) is 161 Å². The molecule has 0 aliphatic carbocycles. The van der Waals surface area contributed by atoms with Crippen LogP contribution in [0.15, 0.2) is 0 Å². The Morgan fingerprint density at radius 3 is 0.963 bits per heavy atom. The minimum absolute atomic E-state index is 0.527. The Kier molecular flexibility index (Phi) is 22.1. The Labute approximate surface area is 171 Å². The van der Waals surface area contributed by atoms with Gasteiger partial charge >= 0.3 is 0 Å². The van der Waals surface area contributed by atoms with E-state index in [1.807, 2.05) is 0 Å². The quantitative estimate of drug-likeness (QED) is 0.186. The first-order valence-electron chi connectivity index (χ1n) is 12.5. The smallest absolute Gasteiger partial charge is 0.0796 e. The van der Waals surface area contributed by atoms with Gasteiger partial charge in [-0.15, -0.1) is 0 Å². The van der Waals surface area contributed by atoms with Crippen LogP contribution in [0.1, 0.15) is 149 Å². The van der Waals surface area contributed by atoms with Gasteiger partial charge in [0.15, 0.2) is 0 Å². The van der Waals surface area contributed by atoms with Crippen LogP contribution in [0.3, 0.4) is 0 Å². The van der Waals surface area contributed by atoms with Gasteiger partial charge in [0.25, 0.3) is 0 Å². The molecule has 0 bridgehead atoms. The second-order valence-corrected chi connectivity index (χ2v) is 8.81. The lowest BCUT2D eigenvalue weighted by atomic mass is 10.0. The molecule has 0 fully saturated rings. The average molecular weight is 385 g/mol. The van der Waals surface area contributed by atoms with Crippen molar-refractivity contribution in [2.24, 2.45) is 0 Å². The van der Waals surface area contributed by atoms with Crippen LogP contribution >= 0.6 is 0 Å². The van der Waals surface area contributed by atoms with Crippen LogP contribution in [0.25, 0.3) is 0 Å². The number of hydrogen-bond acceptors (Lipinski definition) is 2. The summed E-state index contributed by atoms with van der Waals surface area (Å²) in [5.41, 5.74) is 0. The summed E-state index contributed by atoms with van der Waals surface area (Å²) in [6, 6.07) is 0. The molecule has 0 aromatic carbocycles. The Bertz CT molecular complexity index is 265. The van der Waals surface area contributed by atoms with Crippen molar-refractivity contribution in [2.75, 3.05) is 0 Å². The van der Waals surface area contributed by atoms with Crippen molar-refractivity contribution < 1.29 is 10.2 Å². The first kappa shape index (κ1) is 26.9. The number of aliphatic hydroxyl groups is 2. The Hall–Kier alpha value is -0.0800. The number of hydrogen-bond donors (Lipinski definition) is 2. The maximum absolute atomic E-state index is 9.53. The number of aliphatic hydroxyl groups excluding tert-OH is 2. The molecule has 0 radical (unpaired) electrons. The third kappa shape index (κ3) is 22.1. The molecule has 0 aliphatic heterocycles. The normalized spacial score (nSPS) is 13.8. The van der Waals surface area contributed by atoms with Crippen LogP contribution in [-0.4, -0.2) is 22.4 Å². The van der Waals surface area contributed by atoms with E-state index in [4.69, 9.17) is 0 Å². The highest BCUT2D eigenvalue weighted by molar-refractivity contribution is 4.61. The molecule has 27 heavy (non-hydrogen) atoms. The molecule has 0 aliphatic rings. The molecule has 0 heterocycles. The van der Waals surface area contributed by atoms with Gasteiger partial charge in [0.05, 0.1) is 12.2 Å². The lowest BCUT2D eigenvalue weighted by Gasteiger charge is -2.12. The van der Waals surface area contributed by atoms with E-state index in [2.05, 4.69) is 6.92 Å². The second-order valence-electron chi connectivity index (χ2n) is 8.81. The zero-order chi connectivity index (χ0) is 20.0. The van der Waals surface area contributed by atoms with Crippen LogP contribution in [0.5, 0.6) is 0 Å². The van der Waals surface area contributed by atoms with Crippen LogP contribution in [0.4, 0.5) is 0 Å². The van der Waals surface area contributed by atoms with Gasteiger partial charge in [-0.3, -0.25) is 0 Å². The van der Waals surface area contributed by atoms with Crippen LogP contribution in [0.2, 0.25) is 0 Å². The van der Waals surface area contributed by atoms with Gasteiger partial charge in [0.1, 0.15) is 0 Å². The van der Waals surface area contributed by atoms with Gasteiger partial charge in [0.2, 0.25) is 0 Å². The fourth-order valence-electron chi connectivity index (χ4n) is 3.85. The summed E-state index contributed by atoms with van der Waals surface area (Å²) < 4.78 is 0. The molecule has 2 unspecified atom stereocenters. The van der Waals surface area contributed by atoms with Gasteiger partial charge in [-0.25, -0.2) is 0 Å². The Balaban J connectivity index is 3.03. The number of unbranched alkanes of at least 4 members (excludes halogenated alkanes) is 19. The predicted octanol–water partition coefficient (Wildman–Crippen LogP) is 7.94. The molecular weight excluding hydrogens is 332 g/mol. The molecule has 2 N–H and O–H groups in total. The van der Waals surface area contributed by atoms with Crippen LogP contribution in [-0.2, 0) is 0 Å². The van der Waals surface area contributed by atoms with E-state index in [1.54, 1.807) is 6.92 Å². The van der Waals surface area contributed by atoms with Crippen molar-refractivity contribution >= 4 is 0 Å². The SMILES string of the molecule is CCCCCCCCCCCCCCCCCCCCCCC(O)C(C)O. The highest BCUT2D eigenvalue weighted by atomic mass is 16.3. The van der Waals surface area contributed by atoms with Crippen molar-refractivity contribution in [1.82, 2.24) is 0 Å². The summed E-state index contributed by atoms with van der Waals surface area (Å²) in [7, 11) is 0. The van der Waals surface area contributed by atoms with E-state index in [1.165, 1.54) is 122 Å². The molecule has 0 rings (SSSR count). The summed E-state index contributed by atoms with van der Waals surface area (Å²) in [6.07, 6.45) is 27.5. The van der Waals surface area contributed by atoms with E-state index in [0.29, 0.717) is 0 Å². The maximum Gasteiger partial charge on any atom is 0.0796 e. The standard InChI is InChI=1S/C25H52O2/c1-3-4-5-6-7-8-9-10-11-12-13-14-15-16-17-18-19-20-21-22-23-25(27)24(2)26/h24-27H,3-23H2,1-2H3. The number of rotatable bonds is 22. The minimum atomic E-state index is -0.578. The molecule has 0 saturated heterocycles. The van der Waals surface area contributed by atoms with Crippen molar-refractivity contribution in [3.8, 4) is 0 Å². The first-order valence-corrected chi connectivity index (χ1v) is 12.5. The largest absolute Gasteiger partial charge is 0.391 e. The summed E-state index contributed by atoms with van der Waals surface area (Å²) in [5.74, 6) is 0. The summed E-state index contributed by atoms with van der Waals surface area (Å²) >= 11 is 0. The highest BCUT2D eigenvalue weighted by Gasteiger charge is 2.09. The van der Waals surface area contributed by atoms with Gasteiger partial charge in [-0.05, 0) is 13.3 Å². The van der Waals surface area contributed by atoms with Gasteiger partial charge in [0, 0.05) is 0 Å². The van der Waals surface area contributed by atoms with Crippen molar-refractivity contribution in [3.63, 3.8) is 0 Å². The van der Waals surface area contributed by atoms with Crippen LogP contribution in [0, 0.1) is 0 Å². The fourth-order valence-corrected chi connectivity index (χ4v) is 3.85. The Morgan fingerprint density at radius 1 is 0.444 bits per heavy atom. The van der Waals surface area contributed by atoms with E-state index in [9.17, 15) is 10.2 Å². The molecule has 164 valence electrons. The Morgan fingerprint density at radius 2 is 0.704 bits per heavy atom. The van der Waals surface area contributed by atoms with Crippen molar-refractivity contribution in [1.29, 1.82) is 0 Å². The lowest BCUT2D eigenvalue weighted by Crippen LogP contribution is -2.21. The first-order chi connectivity index (χ1) is 13.2. The topological polar surface area (TPSA) is 40.5 Å². The summed E-state index contributed by atoms with van der Waals surface area (Å²) in [5, 5.41) is 18.8. The predicted molar refractivity (Wildman–Crippen MR) is 120 cm³/mol. The molecule has 0 amide bonds. The van der Waals surface area contributed by atoms with Gasteiger partial charge in [-0.1, -0.05) is 135 Å². The molecule has 0 spiro atoms. The third-order valence-corrected chi connectivity index (χ3v) is 5.91. The lowest BCUT2D eigenvalue weighted by molar-refractivity contribution is 0.0247. The molecule has 2 heteroatoms. The van der Waals surface area contributed by atoms with Crippen molar-refractivity contribution in [3.05, 3.63) is 0 Å². The molecule has 2 nitrogen and oxygen atoms in total. The van der Waals surface area contributed by atoms with Gasteiger partial charge < -0.3 is 10.2 Å². The minimum Gasteiger partial charge on any atom is -0.391 e. The zero-order valence-corrected chi connectivity index (χ0v) is 18.9. The average Bonchev–Trinajstić information content (AvgIpc) is 2.66. The van der Waals surface area contributed by atoms with E-state index in [0.717, 1.165) is 12.8 Å². The zero-order valence-electron chi connectivity index (χ0n) is 18.9. The summed E-state index contributed by atoms with van der Waals surface area (Å²) in [6.45, 7) is 3.96.